The fourth-order valence-electron chi connectivity index (χ4n) is 1.65. The van der Waals surface area contributed by atoms with Crippen molar-refractivity contribution in [2.24, 2.45) is 0 Å². The van der Waals surface area contributed by atoms with Gasteiger partial charge in [0.15, 0.2) is 5.82 Å². The van der Waals surface area contributed by atoms with Crippen molar-refractivity contribution in [3.05, 3.63) is 64.7 Å². The van der Waals surface area contributed by atoms with Crippen molar-refractivity contribution in [2.45, 2.75) is 0 Å². The molecule has 3 heterocycles. The van der Waals surface area contributed by atoms with E-state index in [1.807, 2.05) is 0 Å². The molecule has 19 heavy (non-hydrogen) atoms. The maximum absolute atomic E-state index is 11.7. The first-order valence-electron chi connectivity index (χ1n) is 5.46. The fraction of sp³-hybridized carbons (Fsp3) is 0. The van der Waals surface area contributed by atoms with Crippen molar-refractivity contribution in [2.75, 3.05) is 0 Å². The summed E-state index contributed by atoms with van der Waals surface area (Å²) in [5.41, 5.74) is 0.571. The van der Waals surface area contributed by atoms with E-state index in [1.54, 1.807) is 36.7 Å². The Morgan fingerprint density at radius 2 is 2.00 bits per heavy atom. The van der Waals surface area contributed by atoms with Crippen LogP contribution < -0.4 is 5.56 Å². The van der Waals surface area contributed by atoms with Gasteiger partial charge in [0.25, 0.3) is 5.56 Å². The first-order chi connectivity index (χ1) is 9.24. The molecule has 0 amide bonds. The predicted molar refractivity (Wildman–Crippen MR) is 69.8 cm³/mol. The third kappa shape index (κ3) is 2.25. The lowest BCUT2D eigenvalue weighted by atomic mass is 10.3. The molecule has 0 N–H and O–H groups in total. The van der Waals surface area contributed by atoms with Gasteiger partial charge in [-0.2, -0.15) is 0 Å². The zero-order valence-corrected chi connectivity index (χ0v) is 10.4. The van der Waals surface area contributed by atoms with E-state index in [-0.39, 0.29) is 10.8 Å². The summed E-state index contributed by atoms with van der Waals surface area (Å²) in [6, 6.07) is 8.48. The van der Waals surface area contributed by atoms with Crippen LogP contribution in [0.4, 0.5) is 0 Å². The molecule has 0 saturated carbocycles. The van der Waals surface area contributed by atoms with Gasteiger partial charge in [-0.05, 0) is 29.8 Å². The van der Waals surface area contributed by atoms with Crippen molar-refractivity contribution in [3.63, 3.8) is 0 Å². The highest BCUT2D eigenvalue weighted by Crippen LogP contribution is 2.08. The average molecular weight is 274 g/mol. The molecular formula is C12H8ClN5O. The van der Waals surface area contributed by atoms with E-state index in [9.17, 15) is 4.79 Å². The molecule has 0 spiro atoms. The van der Waals surface area contributed by atoms with Crippen LogP contribution in [0.5, 0.6) is 0 Å². The van der Waals surface area contributed by atoms with Crippen LogP contribution in [-0.4, -0.2) is 24.3 Å². The largest absolute Gasteiger partial charge is 0.283 e. The van der Waals surface area contributed by atoms with E-state index < -0.39 is 0 Å². The Balaban J connectivity index is 2.00. The van der Waals surface area contributed by atoms with Crippen LogP contribution in [0.25, 0.3) is 11.5 Å². The predicted octanol–water partition coefficient (Wildman–Crippen LogP) is 1.47. The summed E-state index contributed by atoms with van der Waals surface area (Å²) in [7, 11) is 0. The molecule has 6 nitrogen and oxygen atoms in total. The fourth-order valence-corrected chi connectivity index (χ4v) is 1.78. The van der Waals surface area contributed by atoms with Gasteiger partial charge in [0.1, 0.15) is 6.33 Å². The molecule has 0 radical (unpaired) electrons. The lowest BCUT2D eigenvalue weighted by Crippen LogP contribution is -2.15. The lowest BCUT2D eigenvalue weighted by Gasteiger charge is -2.05. The molecule has 0 atom stereocenters. The summed E-state index contributed by atoms with van der Waals surface area (Å²) in [5, 5.41) is 4.10. The van der Waals surface area contributed by atoms with Crippen molar-refractivity contribution < 1.29 is 0 Å². The second-order valence-corrected chi connectivity index (χ2v) is 4.08. The minimum atomic E-state index is -0.110. The molecule has 0 saturated heterocycles. The monoisotopic (exact) mass is 273 g/mol. The number of pyridine rings is 2. The Hall–Kier alpha value is -2.47. The van der Waals surface area contributed by atoms with Gasteiger partial charge in [-0.15, -0.1) is 5.10 Å². The zero-order chi connectivity index (χ0) is 13.2. The van der Waals surface area contributed by atoms with Gasteiger partial charge >= 0.3 is 0 Å². The molecule has 0 aliphatic carbocycles. The smallest absolute Gasteiger partial charge is 0.255 e. The van der Waals surface area contributed by atoms with E-state index in [4.69, 9.17) is 11.6 Å². The maximum atomic E-state index is 11.7. The maximum Gasteiger partial charge on any atom is 0.255 e. The number of rotatable bonds is 2. The van der Waals surface area contributed by atoms with Crippen LogP contribution in [-0.2, 0) is 0 Å². The normalized spacial score (nSPS) is 10.6. The summed E-state index contributed by atoms with van der Waals surface area (Å²) >= 11 is 5.64. The molecule has 3 rings (SSSR count). The van der Waals surface area contributed by atoms with Crippen molar-refractivity contribution in [1.82, 2.24) is 24.3 Å². The molecule has 0 unspecified atom stereocenters. The minimum Gasteiger partial charge on any atom is -0.283 e. The van der Waals surface area contributed by atoms with Crippen LogP contribution >= 0.6 is 11.6 Å². The molecule has 0 bridgehead atoms. The summed E-state index contributed by atoms with van der Waals surface area (Å²) < 4.78 is 2.96. The number of hydrogen-bond donors (Lipinski definition) is 0. The molecule has 94 valence electrons. The van der Waals surface area contributed by atoms with E-state index in [0.717, 1.165) is 0 Å². The number of hydrogen-bond acceptors (Lipinski definition) is 4. The van der Waals surface area contributed by atoms with Crippen molar-refractivity contribution in [1.29, 1.82) is 0 Å². The first-order valence-corrected chi connectivity index (χ1v) is 5.83. The molecule has 0 aliphatic rings. The second kappa shape index (κ2) is 4.66. The molecular weight excluding hydrogens is 266 g/mol. The van der Waals surface area contributed by atoms with Crippen LogP contribution in [0.15, 0.2) is 53.8 Å². The topological polar surface area (TPSA) is 65.6 Å². The van der Waals surface area contributed by atoms with Gasteiger partial charge in [-0.25, -0.2) is 14.6 Å². The highest BCUT2D eigenvalue weighted by atomic mass is 35.5. The van der Waals surface area contributed by atoms with Gasteiger partial charge < -0.3 is 0 Å². The quantitative estimate of drug-likeness (QED) is 0.709. The summed E-state index contributed by atoms with van der Waals surface area (Å²) in [6.07, 6.45) is 4.75. The molecule has 0 aromatic carbocycles. The van der Waals surface area contributed by atoms with Gasteiger partial charge in [-0.3, -0.25) is 9.36 Å². The third-order valence-electron chi connectivity index (χ3n) is 2.53. The van der Waals surface area contributed by atoms with Crippen LogP contribution in [0, 0.1) is 0 Å². The highest BCUT2D eigenvalue weighted by molar-refractivity contribution is 6.28. The van der Waals surface area contributed by atoms with Crippen LogP contribution in [0.1, 0.15) is 0 Å². The Morgan fingerprint density at radius 1 is 1.11 bits per heavy atom. The SMILES string of the molecule is O=c1ccccn1-c1ccc(-n2cnc(Cl)n2)nc1. The number of nitrogens with zero attached hydrogens (tertiary/aromatic N) is 5. The Labute approximate surface area is 112 Å². The zero-order valence-electron chi connectivity index (χ0n) is 9.64. The summed E-state index contributed by atoms with van der Waals surface area (Å²) in [6.45, 7) is 0. The number of halogens is 1. The Morgan fingerprint density at radius 3 is 2.63 bits per heavy atom. The molecule has 0 aliphatic heterocycles. The molecule has 7 heteroatoms. The lowest BCUT2D eigenvalue weighted by molar-refractivity contribution is 0.841. The summed E-state index contributed by atoms with van der Waals surface area (Å²) in [4.78, 5) is 19.7. The van der Waals surface area contributed by atoms with E-state index >= 15 is 0 Å². The average Bonchev–Trinajstić information content (AvgIpc) is 2.86. The molecule has 3 aromatic rings. The summed E-state index contributed by atoms with van der Waals surface area (Å²) in [5.74, 6) is 0.576. The Kier molecular flexibility index (Phi) is 2.85. The second-order valence-electron chi connectivity index (χ2n) is 3.74. The standard InChI is InChI=1S/C12H8ClN5O/c13-12-15-8-18(16-12)10-5-4-9(7-14-10)17-6-2-1-3-11(17)19/h1-8H. The van der Waals surface area contributed by atoms with Crippen LogP contribution in [0.2, 0.25) is 5.28 Å². The van der Waals surface area contributed by atoms with Gasteiger partial charge in [-0.1, -0.05) is 6.07 Å². The van der Waals surface area contributed by atoms with Gasteiger partial charge in [0.2, 0.25) is 5.28 Å². The van der Waals surface area contributed by atoms with Gasteiger partial charge in [0, 0.05) is 12.3 Å². The van der Waals surface area contributed by atoms with Crippen molar-refractivity contribution in [3.8, 4) is 11.5 Å². The first kappa shape index (κ1) is 11.6. The molecule has 3 aromatic heterocycles. The third-order valence-corrected chi connectivity index (χ3v) is 2.70. The van der Waals surface area contributed by atoms with E-state index in [1.165, 1.54) is 21.6 Å². The molecule has 0 fully saturated rings. The van der Waals surface area contributed by atoms with E-state index in [2.05, 4.69) is 15.1 Å². The van der Waals surface area contributed by atoms with E-state index in [0.29, 0.717) is 11.5 Å². The van der Waals surface area contributed by atoms with Gasteiger partial charge in [0.05, 0.1) is 11.9 Å². The highest BCUT2D eigenvalue weighted by Gasteiger charge is 2.03. The minimum absolute atomic E-state index is 0.110. The Bertz CT molecular complexity index is 762. The van der Waals surface area contributed by atoms with Crippen LogP contribution in [0.3, 0.4) is 0 Å². The van der Waals surface area contributed by atoms with Crippen molar-refractivity contribution >= 4 is 11.6 Å². The number of aromatic nitrogens is 5.